The summed E-state index contributed by atoms with van der Waals surface area (Å²) in [5.74, 6) is 0.609. The van der Waals surface area contributed by atoms with Crippen molar-refractivity contribution in [2.24, 2.45) is 0 Å². The van der Waals surface area contributed by atoms with Gasteiger partial charge in [0, 0.05) is 34.6 Å². The second-order valence-electron chi connectivity index (χ2n) is 9.14. The molecular formula is C26H29N7. The summed E-state index contributed by atoms with van der Waals surface area (Å²) < 4.78 is 0. The van der Waals surface area contributed by atoms with Crippen LogP contribution in [0.2, 0.25) is 0 Å². The average molecular weight is 440 g/mol. The molecule has 7 nitrogen and oxygen atoms in total. The Morgan fingerprint density at radius 2 is 1.97 bits per heavy atom. The summed E-state index contributed by atoms with van der Waals surface area (Å²) in [6.45, 7) is 7.52. The monoisotopic (exact) mass is 439 g/mol. The maximum absolute atomic E-state index is 4.40. The van der Waals surface area contributed by atoms with E-state index in [0.717, 1.165) is 48.3 Å². The first-order valence-electron chi connectivity index (χ1n) is 11.9. The van der Waals surface area contributed by atoms with Gasteiger partial charge in [0.15, 0.2) is 5.65 Å². The number of imidazole rings is 1. The van der Waals surface area contributed by atoms with Gasteiger partial charge in [-0.25, -0.2) is 9.97 Å². The molecule has 0 unspecified atom stereocenters. The number of fused-ring (bicyclic) bond motifs is 2. The molecule has 1 fully saturated rings. The molecule has 1 aromatic carbocycles. The normalized spacial score (nSPS) is 15.7. The highest BCUT2D eigenvalue weighted by molar-refractivity contribution is 5.98. The Balaban J connectivity index is 1.28. The van der Waals surface area contributed by atoms with Gasteiger partial charge in [0.05, 0.1) is 29.6 Å². The lowest BCUT2D eigenvalue weighted by atomic mass is 9.88. The number of benzene rings is 1. The van der Waals surface area contributed by atoms with Gasteiger partial charge in [-0.15, -0.1) is 0 Å². The Bertz CT molecular complexity index is 1420. The zero-order chi connectivity index (χ0) is 22.4. The predicted molar refractivity (Wildman–Crippen MR) is 131 cm³/mol. The molecule has 6 rings (SSSR count). The van der Waals surface area contributed by atoms with E-state index in [1.807, 2.05) is 12.4 Å². The first-order chi connectivity index (χ1) is 16.2. The fourth-order valence-corrected chi connectivity index (χ4v) is 5.38. The zero-order valence-corrected chi connectivity index (χ0v) is 19.2. The Morgan fingerprint density at radius 1 is 1.09 bits per heavy atom. The van der Waals surface area contributed by atoms with Crippen molar-refractivity contribution < 1.29 is 0 Å². The lowest BCUT2D eigenvalue weighted by molar-refractivity contribution is 0.202. The van der Waals surface area contributed by atoms with Crippen molar-refractivity contribution in [3.63, 3.8) is 0 Å². The third-order valence-corrected chi connectivity index (χ3v) is 7.28. The Kier molecular flexibility index (Phi) is 4.99. The number of rotatable bonds is 5. The van der Waals surface area contributed by atoms with Crippen molar-refractivity contribution in [2.75, 3.05) is 13.1 Å². The third-order valence-electron chi connectivity index (χ3n) is 7.28. The number of nitrogens with one attached hydrogen (secondary N) is 3. The molecular weight excluding hydrogens is 410 g/mol. The minimum Gasteiger partial charge on any atom is -0.354 e. The van der Waals surface area contributed by atoms with Crippen LogP contribution in [0, 0.1) is 6.92 Å². The van der Waals surface area contributed by atoms with E-state index in [1.165, 1.54) is 46.3 Å². The van der Waals surface area contributed by atoms with Crippen molar-refractivity contribution in [1.29, 1.82) is 0 Å². The largest absolute Gasteiger partial charge is 0.354 e. The van der Waals surface area contributed by atoms with Crippen LogP contribution in [-0.2, 0) is 13.0 Å². The number of nitrogens with zero attached hydrogens (tertiary/aromatic N) is 4. The molecule has 0 amide bonds. The van der Waals surface area contributed by atoms with Crippen LogP contribution in [0.3, 0.4) is 0 Å². The number of aromatic nitrogens is 6. The Hall–Kier alpha value is -3.45. The number of H-pyrrole nitrogens is 3. The van der Waals surface area contributed by atoms with Crippen molar-refractivity contribution >= 4 is 21.9 Å². The predicted octanol–water partition coefficient (Wildman–Crippen LogP) is 5.08. The van der Waals surface area contributed by atoms with E-state index in [4.69, 9.17) is 0 Å². The van der Waals surface area contributed by atoms with Crippen LogP contribution in [0.1, 0.15) is 48.2 Å². The molecule has 1 saturated heterocycles. The van der Waals surface area contributed by atoms with Gasteiger partial charge < -0.3 is 9.97 Å². The smallest absolute Gasteiger partial charge is 0.155 e. The summed E-state index contributed by atoms with van der Waals surface area (Å²) in [4.78, 5) is 18.3. The lowest BCUT2D eigenvalue weighted by Gasteiger charge is -2.32. The second-order valence-corrected chi connectivity index (χ2v) is 9.14. The summed E-state index contributed by atoms with van der Waals surface area (Å²) in [5, 5.41) is 9.58. The van der Waals surface area contributed by atoms with Crippen LogP contribution in [0.5, 0.6) is 0 Å². The van der Waals surface area contributed by atoms with Gasteiger partial charge in [0.25, 0.3) is 0 Å². The molecule has 0 saturated carbocycles. The molecule has 168 valence electrons. The van der Waals surface area contributed by atoms with Gasteiger partial charge in [-0.05, 0) is 74.5 Å². The van der Waals surface area contributed by atoms with Crippen LogP contribution in [0.15, 0.2) is 43.0 Å². The maximum Gasteiger partial charge on any atom is 0.155 e. The molecule has 0 atom stereocenters. The number of pyridine rings is 1. The molecule has 33 heavy (non-hydrogen) atoms. The van der Waals surface area contributed by atoms with E-state index in [1.54, 1.807) is 6.33 Å². The molecule has 0 radical (unpaired) electrons. The van der Waals surface area contributed by atoms with Gasteiger partial charge in [0.2, 0.25) is 0 Å². The van der Waals surface area contributed by atoms with Crippen molar-refractivity contribution in [3.8, 4) is 11.3 Å². The molecule has 7 heteroatoms. The highest BCUT2D eigenvalue weighted by Gasteiger charge is 2.23. The maximum atomic E-state index is 4.40. The quantitative estimate of drug-likeness (QED) is 0.356. The third kappa shape index (κ3) is 3.53. The van der Waals surface area contributed by atoms with E-state index in [0.29, 0.717) is 5.92 Å². The van der Waals surface area contributed by atoms with Crippen molar-refractivity contribution in [2.45, 2.75) is 45.6 Å². The Morgan fingerprint density at radius 3 is 2.76 bits per heavy atom. The number of hydrogen-bond donors (Lipinski definition) is 3. The highest BCUT2D eigenvalue weighted by atomic mass is 15.1. The minimum atomic E-state index is 0.609. The fourth-order valence-electron chi connectivity index (χ4n) is 5.38. The highest BCUT2D eigenvalue weighted by Crippen LogP contribution is 2.37. The molecule has 5 aromatic rings. The lowest BCUT2D eigenvalue weighted by Crippen LogP contribution is -2.32. The molecule has 5 heterocycles. The van der Waals surface area contributed by atoms with E-state index < -0.39 is 0 Å². The van der Waals surface area contributed by atoms with Crippen LogP contribution < -0.4 is 0 Å². The second kappa shape index (κ2) is 8.15. The number of aryl methyl sites for hydroxylation is 2. The summed E-state index contributed by atoms with van der Waals surface area (Å²) in [7, 11) is 0. The molecule has 0 aliphatic carbocycles. The summed E-state index contributed by atoms with van der Waals surface area (Å²) in [6.07, 6.45) is 8.88. The Labute approximate surface area is 192 Å². The van der Waals surface area contributed by atoms with Crippen LogP contribution in [0.25, 0.3) is 33.2 Å². The van der Waals surface area contributed by atoms with Crippen LogP contribution >= 0.6 is 0 Å². The average Bonchev–Trinajstić information content (AvgIpc) is 3.57. The molecule has 0 bridgehead atoms. The van der Waals surface area contributed by atoms with E-state index in [-0.39, 0.29) is 0 Å². The van der Waals surface area contributed by atoms with Crippen molar-refractivity contribution in [1.82, 2.24) is 35.0 Å². The van der Waals surface area contributed by atoms with Gasteiger partial charge >= 0.3 is 0 Å². The molecule has 1 aliphatic rings. The molecule has 1 aliphatic heterocycles. The number of aromatic amines is 3. The zero-order valence-electron chi connectivity index (χ0n) is 19.2. The summed E-state index contributed by atoms with van der Waals surface area (Å²) >= 11 is 0. The minimum absolute atomic E-state index is 0.609. The summed E-state index contributed by atoms with van der Waals surface area (Å²) in [6, 6.07) is 9.10. The number of likely N-dealkylation sites (tertiary alicyclic amines) is 1. The van der Waals surface area contributed by atoms with Gasteiger partial charge in [-0.1, -0.05) is 13.0 Å². The first kappa shape index (κ1) is 20.2. The van der Waals surface area contributed by atoms with Crippen LogP contribution in [-0.4, -0.2) is 48.1 Å². The standard InChI is InChI=1S/C26H29N7/c1-3-19-21-12-18(17-7-10-33(11-8-17)14-24-16(2)28-15-29-24)4-5-23(21)31-25(19)20-6-9-27-26-22(20)13-30-32-26/h4-6,9,12-13,15,17,31H,3,7-8,10-11,14H2,1-2H3,(H,28,29)(H,27,30,32). The van der Waals surface area contributed by atoms with E-state index >= 15 is 0 Å². The van der Waals surface area contributed by atoms with Crippen molar-refractivity contribution in [3.05, 3.63) is 65.5 Å². The topological polar surface area (TPSA) is 89.3 Å². The van der Waals surface area contributed by atoms with Crippen LogP contribution in [0.4, 0.5) is 0 Å². The van der Waals surface area contributed by atoms with Gasteiger partial charge in [0.1, 0.15) is 0 Å². The SMILES string of the molecule is CCc1c(-c2ccnc3[nH]ncc23)[nH]c2ccc(C3CCN(Cc4[nH]cnc4C)CC3)cc12. The molecule has 0 spiro atoms. The van der Waals surface area contributed by atoms with Gasteiger partial charge in [-0.3, -0.25) is 10.00 Å². The van der Waals surface area contributed by atoms with E-state index in [2.05, 4.69) is 73.1 Å². The van der Waals surface area contributed by atoms with Gasteiger partial charge in [-0.2, -0.15) is 5.10 Å². The number of piperidine rings is 1. The first-order valence-corrected chi connectivity index (χ1v) is 11.9. The fraction of sp³-hybridized carbons (Fsp3) is 0.346. The van der Waals surface area contributed by atoms with E-state index in [9.17, 15) is 0 Å². The molecule has 4 aromatic heterocycles. The number of hydrogen-bond acceptors (Lipinski definition) is 4. The summed E-state index contributed by atoms with van der Waals surface area (Å²) in [5.41, 5.74) is 9.55. The molecule has 3 N–H and O–H groups in total.